The molecule has 2 aromatic rings. The van der Waals surface area contributed by atoms with E-state index in [1.807, 2.05) is 24.3 Å². The van der Waals surface area contributed by atoms with E-state index in [4.69, 9.17) is 16.3 Å². The average Bonchev–Trinajstić information content (AvgIpc) is 3.08. The molecule has 1 unspecified atom stereocenters. The molecule has 0 bridgehead atoms. The van der Waals surface area contributed by atoms with Gasteiger partial charge in [0.2, 0.25) is 0 Å². The number of thioether (sulfide) groups is 1. The summed E-state index contributed by atoms with van der Waals surface area (Å²) in [5.74, 6) is -0.492. The van der Waals surface area contributed by atoms with Crippen molar-refractivity contribution in [3.63, 3.8) is 0 Å². The van der Waals surface area contributed by atoms with Crippen LogP contribution in [0.2, 0.25) is 5.02 Å². The quantitative estimate of drug-likeness (QED) is 0.436. The van der Waals surface area contributed by atoms with E-state index in [0.717, 1.165) is 4.90 Å². The molecule has 2 aromatic carbocycles. The van der Waals surface area contributed by atoms with E-state index in [9.17, 15) is 18.0 Å². The van der Waals surface area contributed by atoms with Crippen LogP contribution >= 0.6 is 23.4 Å². The number of amides is 1. The van der Waals surface area contributed by atoms with Crippen molar-refractivity contribution < 1.29 is 22.7 Å². The van der Waals surface area contributed by atoms with Gasteiger partial charge in [-0.2, -0.15) is 0 Å². The van der Waals surface area contributed by atoms with Crippen LogP contribution in [-0.4, -0.2) is 50.2 Å². The van der Waals surface area contributed by atoms with Crippen LogP contribution in [0.15, 0.2) is 59.5 Å². The third kappa shape index (κ3) is 6.23. The van der Waals surface area contributed by atoms with Gasteiger partial charge in [-0.05, 0) is 30.7 Å². The standard InChI is InChI=1S/C21H22ClNO5S2/c22-18-8-4-5-9-19(18)29-12-10-21(25)28-14-20(24)23(16-6-2-1-3-7-16)17-11-13-30(26,27)15-17/h1-9,17H,10-15H2. The zero-order valence-electron chi connectivity index (χ0n) is 16.2. The first kappa shape index (κ1) is 22.7. The number of benzene rings is 2. The largest absolute Gasteiger partial charge is 0.456 e. The molecule has 1 atom stereocenters. The van der Waals surface area contributed by atoms with Crippen LogP contribution < -0.4 is 4.90 Å². The van der Waals surface area contributed by atoms with Gasteiger partial charge in [0.05, 0.1) is 29.0 Å². The summed E-state index contributed by atoms with van der Waals surface area (Å²) < 4.78 is 28.9. The minimum atomic E-state index is -3.17. The molecule has 1 saturated heterocycles. The highest BCUT2D eigenvalue weighted by Crippen LogP contribution is 2.27. The van der Waals surface area contributed by atoms with Gasteiger partial charge >= 0.3 is 5.97 Å². The smallest absolute Gasteiger partial charge is 0.307 e. The Morgan fingerprint density at radius 1 is 1.10 bits per heavy atom. The maximum absolute atomic E-state index is 12.8. The number of sulfone groups is 1. The number of hydrogen-bond acceptors (Lipinski definition) is 6. The molecule has 0 spiro atoms. The first-order valence-corrected chi connectivity index (χ1v) is 12.6. The number of rotatable bonds is 8. The molecule has 1 heterocycles. The fourth-order valence-electron chi connectivity index (χ4n) is 3.22. The van der Waals surface area contributed by atoms with E-state index in [2.05, 4.69) is 0 Å². The Morgan fingerprint density at radius 2 is 1.80 bits per heavy atom. The van der Waals surface area contributed by atoms with E-state index < -0.39 is 34.4 Å². The van der Waals surface area contributed by atoms with Gasteiger partial charge in [0.25, 0.3) is 5.91 Å². The van der Waals surface area contributed by atoms with Crippen molar-refractivity contribution in [3.05, 3.63) is 59.6 Å². The molecule has 9 heteroatoms. The number of esters is 1. The number of halogens is 1. The van der Waals surface area contributed by atoms with Gasteiger partial charge in [-0.15, -0.1) is 11.8 Å². The Balaban J connectivity index is 1.55. The lowest BCUT2D eigenvalue weighted by Gasteiger charge is -2.28. The number of carbonyl (C=O) groups excluding carboxylic acids is 2. The number of anilines is 1. The van der Waals surface area contributed by atoms with Gasteiger partial charge in [0.15, 0.2) is 16.4 Å². The van der Waals surface area contributed by atoms with Crippen LogP contribution in [-0.2, 0) is 24.2 Å². The summed E-state index contributed by atoms with van der Waals surface area (Å²) in [6, 6.07) is 15.7. The Bertz CT molecular complexity index is 997. The minimum Gasteiger partial charge on any atom is -0.456 e. The summed E-state index contributed by atoms with van der Waals surface area (Å²) in [6.07, 6.45) is 0.498. The molecule has 160 valence electrons. The third-order valence-corrected chi connectivity index (χ3v) is 7.90. The predicted octanol–water partition coefficient (Wildman–Crippen LogP) is 3.59. The Labute approximate surface area is 185 Å². The van der Waals surface area contributed by atoms with Crippen molar-refractivity contribution in [3.8, 4) is 0 Å². The van der Waals surface area contributed by atoms with E-state index >= 15 is 0 Å². The summed E-state index contributed by atoms with van der Waals surface area (Å²) in [5, 5.41) is 0.621. The van der Waals surface area contributed by atoms with Crippen LogP contribution in [0, 0.1) is 0 Å². The minimum absolute atomic E-state index is 0.0489. The summed E-state index contributed by atoms with van der Waals surface area (Å²) >= 11 is 7.53. The molecule has 1 fully saturated rings. The molecular formula is C21H22ClNO5S2. The molecule has 1 aliphatic heterocycles. The van der Waals surface area contributed by atoms with Crippen LogP contribution in [0.25, 0.3) is 0 Å². The summed E-state index contributed by atoms with van der Waals surface area (Å²) in [7, 11) is -3.17. The van der Waals surface area contributed by atoms with Crippen LogP contribution in [0.1, 0.15) is 12.8 Å². The highest BCUT2D eigenvalue weighted by molar-refractivity contribution is 7.99. The highest BCUT2D eigenvalue weighted by Gasteiger charge is 2.35. The van der Waals surface area contributed by atoms with Crippen LogP contribution in [0.4, 0.5) is 5.69 Å². The van der Waals surface area contributed by atoms with Gasteiger partial charge in [-0.3, -0.25) is 9.59 Å². The van der Waals surface area contributed by atoms with Gasteiger partial charge in [0.1, 0.15) is 0 Å². The Hall–Kier alpha value is -2.03. The fourth-order valence-corrected chi connectivity index (χ4v) is 6.08. The summed E-state index contributed by atoms with van der Waals surface area (Å²) in [5.41, 5.74) is 0.593. The maximum atomic E-state index is 12.8. The first-order chi connectivity index (χ1) is 14.4. The Morgan fingerprint density at radius 3 is 2.47 bits per heavy atom. The fraction of sp³-hybridized carbons (Fsp3) is 0.333. The van der Waals surface area contributed by atoms with Gasteiger partial charge < -0.3 is 9.64 Å². The summed E-state index contributed by atoms with van der Waals surface area (Å²) in [4.78, 5) is 27.2. The molecule has 0 N–H and O–H groups in total. The molecule has 0 aromatic heterocycles. The Kier molecular flexibility index (Phi) is 7.80. The lowest BCUT2D eigenvalue weighted by molar-refractivity contribution is -0.147. The lowest BCUT2D eigenvalue weighted by Crippen LogP contribution is -2.43. The van der Waals surface area contributed by atoms with Crippen molar-refractivity contribution in [1.82, 2.24) is 0 Å². The zero-order valence-corrected chi connectivity index (χ0v) is 18.6. The van der Waals surface area contributed by atoms with Crippen molar-refractivity contribution >= 4 is 50.8 Å². The topological polar surface area (TPSA) is 80.8 Å². The molecule has 6 nitrogen and oxygen atoms in total. The van der Waals surface area contributed by atoms with E-state index in [1.165, 1.54) is 16.7 Å². The molecule has 0 radical (unpaired) electrons. The monoisotopic (exact) mass is 467 g/mol. The van der Waals surface area contributed by atoms with Gasteiger partial charge in [-0.25, -0.2) is 8.42 Å². The predicted molar refractivity (Wildman–Crippen MR) is 119 cm³/mol. The molecule has 3 rings (SSSR count). The normalized spacial score (nSPS) is 17.4. The van der Waals surface area contributed by atoms with Crippen molar-refractivity contribution in [1.29, 1.82) is 0 Å². The van der Waals surface area contributed by atoms with Crippen molar-refractivity contribution in [2.24, 2.45) is 0 Å². The second-order valence-electron chi connectivity index (χ2n) is 6.85. The highest BCUT2D eigenvalue weighted by atomic mass is 35.5. The third-order valence-electron chi connectivity index (χ3n) is 4.63. The van der Waals surface area contributed by atoms with Crippen molar-refractivity contribution in [2.75, 3.05) is 28.8 Å². The second kappa shape index (κ2) is 10.3. The van der Waals surface area contributed by atoms with Gasteiger partial charge in [-0.1, -0.05) is 41.9 Å². The zero-order chi connectivity index (χ0) is 21.6. The number of carbonyl (C=O) groups is 2. The second-order valence-corrected chi connectivity index (χ2v) is 10.6. The number of para-hydroxylation sites is 1. The lowest BCUT2D eigenvalue weighted by atomic mass is 10.2. The molecular weight excluding hydrogens is 446 g/mol. The van der Waals surface area contributed by atoms with Crippen LogP contribution in [0.5, 0.6) is 0 Å². The van der Waals surface area contributed by atoms with Crippen molar-refractivity contribution in [2.45, 2.75) is 23.8 Å². The molecule has 1 amide bonds. The number of ether oxygens (including phenoxy) is 1. The average molecular weight is 468 g/mol. The molecule has 0 aliphatic carbocycles. The number of hydrogen-bond donors (Lipinski definition) is 0. The SMILES string of the molecule is O=C(CCSc1ccccc1Cl)OCC(=O)N(c1ccccc1)C1CCS(=O)(=O)C1. The van der Waals surface area contributed by atoms with E-state index in [1.54, 1.807) is 30.3 Å². The van der Waals surface area contributed by atoms with E-state index in [0.29, 0.717) is 22.9 Å². The van der Waals surface area contributed by atoms with E-state index in [-0.39, 0.29) is 17.9 Å². The summed E-state index contributed by atoms with van der Waals surface area (Å²) in [6.45, 7) is -0.430. The van der Waals surface area contributed by atoms with Crippen LogP contribution in [0.3, 0.4) is 0 Å². The molecule has 30 heavy (non-hydrogen) atoms. The van der Waals surface area contributed by atoms with Gasteiger partial charge in [0, 0.05) is 16.3 Å². The molecule has 0 saturated carbocycles. The molecule has 1 aliphatic rings. The number of nitrogens with zero attached hydrogens (tertiary/aromatic N) is 1. The first-order valence-electron chi connectivity index (χ1n) is 9.46. The maximum Gasteiger partial charge on any atom is 0.307 e.